The third-order valence-electron chi connectivity index (χ3n) is 4.82. The monoisotopic (exact) mass is 265 g/mol. The lowest BCUT2D eigenvalue weighted by molar-refractivity contribution is 0.272. The van der Waals surface area contributed by atoms with Gasteiger partial charge in [-0.05, 0) is 37.5 Å². The summed E-state index contributed by atoms with van der Waals surface area (Å²) in [6.45, 7) is 3.29. The van der Waals surface area contributed by atoms with Crippen molar-refractivity contribution in [3.63, 3.8) is 0 Å². The van der Waals surface area contributed by atoms with Crippen molar-refractivity contribution in [2.24, 2.45) is 22.6 Å². The Kier molecular flexibility index (Phi) is 5.99. The molecule has 110 valence electrons. The summed E-state index contributed by atoms with van der Waals surface area (Å²) in [7, 11) is 0. The number of nitrogens with one attached hydrogen (secondary N) is 1. The van der Waals surface area contributed by atoms with E-state index in [4.69, 9.17) is 5.73 Å². The quantitative estimate of drug-likeness (QED) is 0.604. The predicted molar refractivity (Wildman–Crippen MR) is 82.2 cm³/mol. The number of guanidine groups is 1. The molecule has 3 nitrogen and oxygen atoms in total. The van der Waals surface area contributed by atoms with Gasteiger partial charge in [0.2, 0.25) is 0 Å². The summed E-state index contributed by atoms with van der Waals surface area (Å²) >= 11 is 0. The van der Waals surface area contributed by atoms with Crippen molar-refractivity contribution in [3.05, 3.63) is 0 Å². The van der Waals surface area contributed by atoms with Gasteiger partial charge in [0, 0.05) is 12.6 Å². The van der Waals surface area contributed by atoms with E-state index in [2.05, 4.69) is 17.2 Å². The van der Waals surface area contributed by atoms with E-state index in [1.54, 1.807) is 0 Å². The molecule has 0 aromatic heterocycles. The van der Waals surface area contributed by atoms with Crippen LogP contribution in [0.25, 0.3) is 0 Å². The van der Waals surface area contributed by atoms with Gasteiger partial charge in [-0.1, -0.05) is 45.4 Å². The van der Waals surface area contributed by atoms with Crippen molar-refractivity contribution >= 4 is 5.96 Å². The van der Waals surface area contributed by atoms with Crippen molar-refractivity contribution in [1.29, 1.82) is 0 Å². The zero-order valence-corrected chi connectivity index (χ0v) is 12.5. The Bertz CT molecular complexity index is 282. The maximum absolute atomic E-state index is 5.99. The molecule has 0 bridgehead atoms. The minimum absolute atomic E-state index is 0.576. The molecule has 0 heterocycles. The first-order chi connectivity index (χ1) is 9.24. The fraction of sp³-hybridized carbons (Fsp3) is 0.938. The van der Waals surface area contributed by atoms with Gasteiger partial charge in [0.05, 0.1) is 0 Å². The highest BCUT2D eigenvalue weighted by atomic mass is 15.1. The van der Waals surface area contributed by atoms with Crippen LogP contribution in [0.2, 0.25) is 0 Å². The van der Waals surface area contributed by atoms with Crippen molar-refractivity contribution in [2.75, 3.05) is 6.54 Å². The fourth-order valence-electron chi connectivity index (χ4n) is 3.69. The summed E-state index contributed by atoms with van der Waals surface area (Å²) in [5.41, 5.74) is 5.99. The molecule has 3 N–H and O–H groups in total. The average Bonchev–Trinajstić information content (AvgIpc) is 2.40. The number of nitrogens with two attached hydrogens (primary N) is 1. The highest BCUT2D eigenvalue weighted by molar-refractivity contribution is 5.78. The summed E-state index contributed by atoms with van der Waals surface area (Å²) in [6, 6.07) is 0.576. The lowest BCUT2D eigenvalue weighted by Gasteiger charge is -2.26. The summed E-state index contributed by atoms with van der Waals surface area (Å²) in [4.78, 5) is 4.52. The molecule has 0 aromatic carbocycles. The molecule has 2 aliphatic carbocycles. The second-order valence-corrected chi connectivity index (χ2v) is 6.67. The van der Waals surface area contributed by atoms with Crippen molar-refractivity contribution in [3.8, 4) is 0 Å². The van der Waals surface area contributed by atoms with E-state index in [9.17, 15) is 0 Å². The molecule has 2 fully saturated rings. The van der Waals surface area contributed by atoms with Crippen molar-refractivity contribution < 1.29 is 0 Å². The van der Waals surface area contributed by atoms with Gasteiger partial charge < -0.3 is 11.1 Å². The first-order valence-electron chi connectivity index (χ1n) is 8.30. The standard InChI is InChI=1S/C16H31N3/c1-13-6-5-7-14(12-13)10-11-18-16(17)19-15-8-3-2-4-9-15/h13-15H,2-12H2,1H3,(H3,17,18,19). The topological polar surface area (TPSA) is 50.4 Å². The van der Waals surface area contributed by atoms with Crippen LogP contribution >= 0.6 is 0 Å². The molecule has 3 heteroatoms. The van der Waals surface area contributed by atoms with E-state index in [-0.39, 0.29) is 0 Å². The van der Waals surface area contributed by atoms with Gasteiger partial charge >= 0.3 is 0 Å². The Labute approximate surface area is 118 Å². The molecule has 0 amide bonds. The molecule has 0 aromatic rings. The Morgan fingerprint density at radius 1 is 1.11 bits per heavy atom. The van der Waals surface area contributed by atoms with Gasteiger partial charge in [-0.25, -0.2) is 0 Å². The van der Waals surface area contributed by atoms with Crippen LogP contribution in [-0.2, 0) is 0 Å². The van der Waals surface area contributed by atoms with E-state index in [1.807, 2.05) is 0 Å². The molecule has 2 atom stereocenters. The molecule has 2 saturated carbocycles. The second-order valence-electron chi connectivity index (χ2n) is 6.67. The van der Waals surface area contributed by atoms with Crippen LogP contribution in [0.1, 0.15) is 71.1 Å². The third-order valence-corrected chi connectivity index (χ3v) is 4.82. The molecule has 0 saturated heterocycles. The molecule has 2 unspecified atom stereocenters. The summed E-state index contributed by atoms with van der Waals surface area (Å²) in [5.74, 6) is 2.48. The smallest absolute Gasteiger partial charge is 0.188 e. The summed E-state index contributed by atoms with van der Waals surface area (Å²) in [5, 5.41) is 3.39. The Morgan fingerprint density at radius 3 is 2.63 bits per heavy atom. The third kappa shape index (κ3) is 5.42. The van der Waals surface area contributed by atoms with Crippen molar-refractivity contribution in [1.82, 2.24) is 5.32 Å². The number of rotatable bonds is 4. The van der Waals surface area contributed by atoms with Crippen LogP contribution < -0.4 is 11.1 Å². The normalized spacial score (nSPS) is 30.3. The Hall–Kier alpha value is -0.730. The van der Waals surface area contributed by atoms with E-state index in [0.717, 1.165) is 18.4 Å². The number of hydrogen-bond donors (Lipinski definition) is 2. The molecular weight excluding hydrogens is 234 g/mol. The van der Waals surface area contributed by atoms with Crippen LogP contribution in [0, 0.1) is 11.8 Å². The first-order valence-corrected chi connectivity index (χ1v) is 8.30. The molecular formula is C16H31N3. The minimum atomic E-state index is 0.576. The maximum atomic E-state index is 5.99. The number of nitrogens with zero attached hydrogens (tertiary/aromatic N) is 1. The van der Waals surface area contributed by atoms with Gasteiger partial charge in [-0.3, -0.25) is 4.99 Å². The zero-order chi connectivity index (χ0) is 13.5. The predicted octanol–water partition coefficient (Wildman–Crippen LogP) is 3.44. The van der Waals surface area contributed by atoms with Gasteiger partial charge in [-0.2, -0.15) is 0 Å². The lowest BCUT2D eigenvalue weighted by atomic mass is 9.81. The molecule has 2 rings (SSSR count). The van der Waals surface area contributed by atoms with E-state index in [0.29, 0.717) is 12.0 Å². The highest BCUT2D eigenvalue weighted by Gasteiger charge is 2.18. The van der Waals surface area contributed by atoms with Gasteiger partial charge in [-0.15, -0.1) is 0 Å². The SMILES string of the molecule is CC1CCCC(CCN=C(N)NC2CCCCC2)C1. The minimum Gasteiger partial charge on any atom is -0.370 e. The second kappa shape index (κ2) is 7.76. The van der Waals surface area contributed by atoms with Crippen LogP contribution in [0.5, 0.6) is 0 Å². The largest absolute Gasteiger partial charge is 0.370 e. The molecule has 0 aliphatic heterocycles. The van der Waals surface area contributed by atoms with Crippen LogP contribution in [0.4, 0.5) is 0 Å². The molecule has 0 spiro atoms. The average molecular weight is 265 g/mol. The highest BCUT2D eigenvalue weighted by Crippen LogP contribution is 2.30. The van der Waals surface area contributed by atoms with E-state index < -0.39 is 0 Å². The van der Waals surface area contributed by atoms with Crippen LogP contribution in [0.15, 0.2) is 4.99 Å². The van der Waals surface area contributed by atoms with E-state index >= 15 is 0 Å². The number of aliphatic imine (C=N–C) groups is 1. The molecule has 0 radical (unpaired) electrons. The molecule has 2 aliphatic rings. The fourth-order valence-corrected chi connectivity index (χ4v) is 3.69. The van der Waals surface area contributed by atoms with Crippen LogP contribution in [-0.4, -0.2) is 18.5 Å². The lowest BCUT2D eigenvalue weighted by Crippen LogP contribution is -2.41. The first kappa shape index (κ1) is 14.7. The van der Waals surface area contributed by atoms with Gasteiger partial charge in [0.1, 0.15) is 0 Å². The van der Waals surface area contributed by atoms with Crippen LogP contribution in [0.3, 0.4) is 0 Å². The molecule has 19 heavy (non-hydrogen) atoms. The maximum Gasteiger partial charge on any atom is 0.188 e. The van der Waals surface area contributed by atoms with E-state index in [1.165, 1.54) is 64.2 Å². The number of hydrogen-bond acceptors (Lipinski definition) is 1. The summed E-state index contributed by atoms with van der Waals surface area (Å²) < 4.78 is 0. The van der Waals surface area contributed by atoms with Gasteiger partial charge in [0.15, 0.2) is 5.96 Å². The summed E-state index contributed by atoms with van der Waals surface area (Å²) in [6.07, 6.45) is 13.4. The Morgan fingerprint density at radius 2 is 1.89 bits per heavy atom. The van der Waals surface area contributed by atoms with Crippen molar-refractivity contribution in [2.45, 2.75) is 77.2 Å². The zero-order valence-electron chi connectivity index (χ0n) is 12.5. The Balaban J connectivity index is 1.63. The van der Waals surface area contributed by atoms with Gasteiger partial charge in [0.25, 0.3) is 0 Å².